The van der Waals surface area contributed by atoms with Crippen molar-refractivity contribution >= 4 is 28.5 Å². The van der Waals surface area contributed by atoms with E-state index in [-0.39, 0.29) is 11.4 Å². The van der Waals surface area contributed by atoms with Gasteiger partial charge in [0.2, 0.25) is 5.88 Å². The molecule has 31 heavy (non-hydrogen) atoms. The highest BCUT2D eigenvalue weighted by molar-refractivity contribution is 6.09. The van der Waals surface area contributed by atoms with Crippen LogP contribution in [0, 0.1) is 12.3 Å². The SMILES string of the molecule is Cc1ccc2ncnc(Oc3cccc(NC(=O)NC4=NCC(C(C)(C)C)=C4)c3)c2c1. The summed E-state index contributed by atoms with van der Waals surface area (Å²) in [4.78, 5) is 25.4. The lowest BCUT2D eigenvalue weighted by Crippen LogP contribution is -2.32. The lowest BCUT2D eigenvalue weighted by molar-refractivity contribution is 0.256. The second-order valence-electron chi connectivity index (χ2n) is 8.53. The van der Waals surface area contributed by atoms with Gasteiger partial charge >= 0.3 is 6.03 Å². The van der Waals surface area contributed by atoms with E-state index >= 15 is 0 Å². The van der Waals surface area contributed by atoms with E-state index in [1.54, 1.807) is 12.1 Å². The van der Waals surface area contributed by atoms with Crippen molar-refractivity contribution in [1.29, 1.82) is 0 Å². The van der Waals surface area contributed by atoms with Crippen LogP contribution >= 0.6 is 0 Å². The number of aromatic nitrogens is 2. The Kier molecular flexibility index (Phi) is 5.42. The summed E-state index contributed by atoms with van der Waals surface area (Å²) in [5, 5.41) is 6.45. The second kappa shape index (κ2) is 8.18. The van der Waals surface area contributed by atoms with Crippen LogP contribution in [0.3, 0.4) is 0 Å². The standard InChI is InChI=1S/C24H25N5O2/c1-15-8-9-20-19(10-15)22(27-14-26-20)31-18-7-5-6-17(12-18)28-23(30)29-21-11-16(13-25-21)24(2,3)4/h5-12,14H,13H2,1-4H3,(H2,25,28,29,30). The fourth-order valence-corrected chi connectivity index (χ4v) is 3.21. The molecule has 0 bridgehead atoms. The van der Waals surface area contributed by atoms with E-state index in [4.69, 9.17) is 4.74 Å². The fraction of sp³-hybridized carbons (Fsp3) is 0.250. The number of amidine groups is 1. The average molecular weight is 415 g/mol. The van der Waals surface area contributed by atoms with E-state index in [0.29, 0.717) is 29.7 Å². The number of fused-ring (bicyclic) bond motifs is 1. The highest BCUT2D eigenvalue weighted by Gasteiger charge is 2.21. The maximum absolute atomic E-state index is 12.4. The summed E-state index contributed by atoms with van der Waals surface area (Å²) in [6.45, 7) is 9.00. The maximum atomic E-state index is 12.4. The zero-order valence-electron chi connectivity index (χ0n) is 18.1. The second-order valence-corrected chi connectivity index (χ2v) is 8.53. The molecule has 0 unspecified atom stereocenters. The van der Waals surface area contributed by atoms with Gasteiger partial charge in [0.15, 0.2) is 0 Å². The molecular formula is C24H25N5O2. The number of nitrogens with one attached hydrogen (secondary N) is 2. The Balaban J connectivity index is 1.45. The van der Waals surface area contributed by atoms with Crippen molar-refractivity contribution in [2.24, 2.45) is 10.4 Å². The molecule has 0 fully saturated rings. The molecule has 0 spiro atoms. The number of amides is 2. The van der Waals surface area contributed by atoms with Crippen LogP contribution in [0.4, 0.5) is 10.5 Å². The summed E-state index contributed by atoms with van der Waals surface area (Å²) in [7, 11) is 0. The molecule has 2 amide bonds. The zero-order valence-corrected chi connectivity index (χ0v) is 18.1. The van der Waals surface area contributed by atoms with Gasteiger partial charge in [-0.2, -0.15) is 0 Å². The fourth-order valence-electron chi connectivity index (χ4n) is 3.21. The van der Waals surface area contributed by atoms with Crippen molar-refractivity contribution in [3.05, 3.63) is 66.0 Å². The van der Waals surface area contributed by atoms with E-state index in [2.05, 4.69) is 46.4 Å². The number of hydrogen-bond donors (Lipinski definition) is 2. The van der Waals surface area contributed by atoms with Crippen LogP contribution in [0.2, 0.25) is 0 Å². The van der Waals surface area contributed by atoms with E-state index in [1.807, 2.05) is 43.3 Å². The van der Waals surface area contributed by atoms with Gasteiger partial charge in [-0.1, -0.05) is 38.5 Å². The number of aliphatic imine (C=N–C) groups is 1. The van der Waals surface area contributed by atoms with Crippen molar-refractivity contribution in [1.82, 2.24) is 15.3 Å². The third-order valence-electron chi connectivity index (χ3n) is 5.00. The van der Waals surface area contributed by atoms with Crippen molar-refractivity contribution in [3.8, 4) is 11.6 Å². The minimum absolute atomic E-state index is 0.0266. The van der Waals surface area contributed by atoms with Crippen molar-refractivity contribution in [2.45, 2.75) is 27.7 Å². The number of benzene rings is 2. The summed E-state index contributed by atoms with van der Waals surface area (Å²) < 4.78 is 6.00. The van der Waals surface area contributed by atoms with Gasteiger partial charge < -0.3 is 10.1 Å². The van der Waals surface area contributed by atoms with Gasteiger partial charge in [0, 0.05) is 11.8 Å². The Hall–Kier alpha value is -3.74. The van der Waals surface area contributed by atoms with Gasteiger partial charge in [-0.25, -0.2) is 14.8 Å². The molecule has 1 aliphatic rings. The third kappa shape index (κ3) is 4.88. The van der Waals surface area contributed by atoms with Gasteiger partial charge in [0.1, 0.15) is 17.9 Å². The van der Waals surface area contributed by atoms with Crippen LogP contribution in [-0.4, -0.2) is 28.4 Å². The number of hydrogen-bond acceptors (Lipinski definition) is 5. The number of urea groups is 1. The Bertz CT molecular complexity index is 1210. The average Bonchev–Trinajstić information content (AvgIpc) is 3.17. The van der Waals surface area contributed by atoms with Crippen LogP contribution in [0.5, 0.6) is 11.6 Å². The molecule has 2 aromatic carbocycles. The molecule has 7 nitrogen and oxygen atoms in total. The van der Waals surface area contributed by atoms with E-state index in [0.717, 1.165) is 16.5 Å². The molecule has 1 aliphatic heterocycles. The number of carbonyl (C=O) groups excluding carboxylic acids is 1. The van der Waals surface area contributed by atoms with Gasteiger partial charge in [-0.05, 0) is 48.3 Å². The van der Waals surface area contributed by atoms with E-state index < -0.39 is 0 Å². The highest BCUT2D eigenvalue weighted by Crippen LogP contribution is 2.29. The Labute approximate surface area is 181 Å². The van der Waals surface area contributed by atoms with Crippen LogP contribution in [-0.2, 0) is 0 Å². The van der Waals surface area contributed by atoms with Gasteiger partial charge in [0.25, 0.3) is 0 Å². The summed E-state index contributed by atoms with van der Waals surface area (Å²) in [5.41, 5.74) is 3.72. The first-order chi connectivity index (χ1) is 14.8. The molecule has 2 heterocycles. The molecule has 3 aromatic rings. The molecule has 0 atom stereocenters. The summed E-state index contributed by atoms with van der Waals surface area (Å²) in [6.07, 6.45) is 3.41. The van der Waals surface area contributed by atoms with Crippen LogP contribution < -0.4 is 15.4 Å². The molecule has 158 valence electrons. The molecule has 0 aliphatic carbocycles. The predicted molar refractivity (Wildman–Crippen MR) is 123 cm³/mol. The Morgan fingerprint density at radius 1 is 1.06 bits per heavy atom. The largest absolute Gasteiger partial charge is 0.438 e. The van der Waals surface area contributed by atoms with Gasteiger partial charge in [-0.3, -0.25) is 10.3 Å². The normalized spacial score (nSPS) is 13.5. The molecule has 0 radical (unpaired) electrons. The van der Waals surface area contributed by atoms with Crippen LogP contribution in [0.25, 0.3) is 10.9 Å². The van der Waals surface area contributed by atoms with Crippen LogP contribution in [0.1, 0.15) is 26.3 Å². The third-order valence-corrected chi connectivity index (χ3v) is 5.00. The molecule has 7 heteroatoms. The lowest BCUT2D eigenvalue weighted by atomic mass is 9.87. The minimum Gasteiger partial charge on any atom is -0.438 e. The molecule has 0 saturated heterocycles. The zero-order chi connectivity index (χ0) is 22.0. The number of rotatable bonds is 3. The van der Waals surface area contributed by atoms with Crippen molar-refractivity contribution in [2.75, 3.05) is 11.9 Å². The molecule has 1 aromatic heterocycles. The minimum atomic E-state index is -0.356. The number of aryl methyl sites for hydroxylation is 1. The first kappa shape index (κ1) is 20.5. The number of carbonyl (C=O) groups is 1. The Morgan fingerprint density at radius 2 is 1.90 bits per heavy atom. The summed E-state index contributed by atoms with van der Waals surface area (Å²) in [6, 6.07) is 12.7. The number of nitrogens with zero attached hydrogens (tertiary/aromatic N) is 3. The lowest BCUT2D eigenvalue weighted by Gasteiger charge is -2.18. The first-order valence-electron chi connectivity index (χ1n) is 10.1. The molecule has 4 rings (SSSR count). The summed E-state index contributed by atoms with van der Waals surface area (Å²) in [5.74, 6) is 1.60. The topological polar surface area (TPSA) is 88.5 Å². The Morgan fingerprint density at radius 3 is 2.68 bits per heavy atom. The van der Waals surface area contributed by atoms with E-state index in [9.17, 15) is 4.79 Å². The first-order valence-corrected chi connectivity index (χ1v) is 10.1. The predicted octanol–water partition coefficient (Wildman–Crippen LogP) is 5.24. The van der Waals surface area contributed by atoms with Gasteiger partial charge in [0.05, 0.1) is 17.4 Å². The van der Waals surface area contributed by atoms with Crippen LogP contribution in [0.15, 0.2) is 65.4 Å². The molecular weight excluding hydrogens is 390 g/mol. The van der Waals surface area contributed by atoms with Gasteiger partial charge in [-0.15, -0.1) is 0 Å². The monoisotopic (exact) mass is 415 g/mol. The van der Waals surface area contributed by atoms with E-state index in [1.165, 1.54) is 11.9 Å². The smallest absolute Gasteiger partial charge is 0.324 e. The maximum Gasteiger partial charge on any atom is 0.324 e. The quantitative estimate of drug-likeness (QED) is 0.612. The van der Waals surface area contributed by atoms with Crippen molar-refractivity contribution in [3.63, 3.8) is 0 Å². The van der Waals surface area contributed by atoms with Crippen molar-refractivity contribution < 1.29 is 9.53 Å². The highest BCUT2D eigenvalue weighted by atomic mass is 16.5. The number of anilines is 1. The molecule has 2 N–H and O–H groups in total. The number of ether oxygens (including phenoxy) is 1. The molecule has 0 saturated carbocycles. The summed E-state index contributed by atoms with van der Waals surface area (Å²) >= 11 is 0.